The van der Waals surface area contributed by atoms with E-state index in [0.29, 0.717) is 5.69 Å². The Hall–Kier alpha value is -1.86. The summed E-state index contributed by atoms with van der Waals surface area (Å²) >= 11 is -4.83. The number of benzene rings is 1. The molecule has 21 heavy (non-hydrogen) atoms. The van der Waals surface area contributed by atoms with E-state index in [0.717, 1.165) is 5.76 Å². The Balaban J connectivity index is 0.000000304. The van der Waals surface area contributed by atoms with Crippen LogP contribution in [0.3, 0.4) is 0 Å². The van der Waals surface area contributed by atoms with Crippen LogP contribution in [0.5, 0.6) is 0 Å². The van der Waals surface area contributed by atoms with Gasteiger partial charge in [-0.2, -0.15) is 0 Å². The Morgan fingerprint density at radius 2 is 2.14 bits per heavy atom. The fourth-order valence-corrected chi connectivity index (χ4v) is 2.70. The number of hydrogen-bond acceptors (Lipinski definition) is 6. The Kier molecular flexibility index (Phi) is 6.38. The monoisotopic (exact) mass is 358 g/mol. The van der Waals surface area contributed by atoms with Crippen molar-refractivity contribution in [3.63, 3.8) is 0 Å². The van der Waals surface area contributed by atoms with Crippen LogP contribution in [0, 0.1) is 6.92 Å². The first-order chi connectivity index (χ1) is 9.85. The molecular formula is C12H15AsN2O6. The second-order valence-corrected chi connectivity index (χ2v) is 7.57. The molecule has 1 aromatic heterocycles. The van der Waals surface area contributed by atoms with E-state index in [2.05, 4.69) is 18.9 Å². The minimum atomic E-state index is -4.83. The summed E-state index contributed by atoms with van der Waals surface area (Å²) in [5.74, 6) is 0.562. The standard InChI is InChI=1S/C8H10AsNO5.C4H5NO/c1-6(11)10-8-4-2-3-7(5-8)9(12,13)15-14;1-4-2-3-5-6-4/h2-5,14H,1H3,(H,10,11)(H,12,13);2-3H,1H3. The minimum Gasteiger partial charge on any atom is -0.362 e. The van der Waals surface area contributed by atoms with Crippen LogP contribution < -0.4 is 9.67 Å². The van der Waals surface area contributed by atoms with Gasteiger partial charge in [-0.15, -0.1) is 0 Å². The van der Waals surface area contributed by atoms with E-state index in [-0.39, 0.29) is 10.3 Å². The number of hydrogen-bond donors (Lipinski definition) is 3. The van der Waals surface area contributed by atoms with Gasteiger partial charge in [0.05, 0.1) is 6.20 Å². The summed E-state index contributed by atoms with van der Waals surface area (Å²) in [6.45, 7) is 3.17. The summed E-state index contributed by atoms with van der Waals surface area (Å²) in [6.07, 6.45) is 1.62. The van der Waals surface area contributed by atoms with Crippen molar-refractivity contribution in [3.05, 3.63) is 42.3 Å². The number of anilines is 1. The van der Waals surface area contributed by atoms with Crippen LogP contribution in [0.4, 0.5) is 5.69 Å². The smallest absolute Gasteiger partial charge is 0.133 e. The van der Waals surface area contributed by atoms with Crippen LogP contribution >= 0.6 is 0 Å². The van der Waals surface area contributed by atoms with Gasteiger partial charge in [-0.25, -0.2) is 0 Å². The van der Waals surface area contributed by atoms with E-state index in [1.807, 2.05) is 6.92 Å². The van der Waals surface area contributed by atoms with Crippen LogP contribution in [0.15, 0.2) is 41.1 Å². The summed E-state index contributed by atoms with van der Waals surface area (Å²) < 4.78 is 28.5. The molecule has 114 valence electrons. The fraction of sp³-hybridized carbons (Fsp3) is 0.167. The zero-order chi connectivity index (χ0) is 15.9. The molecule has 1 aromatic carbocycles. The largest absolute Gasteiger partial charge is 0.362 e. The van der Waals surface area contributed by atoms with Gasteiger partial charge in [0, 0.05) is 6.07 Å². The molecule has 1 atom stereocenters. The predicted molar refractivity (Wildman–Crippen MR) is 74.0 cm³/mol. The van der Waals surface area contributed by atoms with Crippen molar-refractivity contribution in [1.82, 2.24) is 5.16 Å². The van der Waals surface area contributed by atoms with Gasteiger partial charge in [-0.1, -0.05) is 5.16 Å². The van der Waals surface area contributed by atoms with Gasteiger partial charge in [-0.3, -0.25) is 0 Å². The molecule has 0 bridgehead atoms. The molecule has 0 spiro atoms. The maximum Gasteiger partial charge on any atom is 0.133 e. The second-order valence-electron chi connectivity index (χ2n) is 3.96. The number of amides is 1. The van der Waals surface area contributed by atoms with Gasteiger partial charge in [-0.05, 0) is 6.92 Å². The summed E-state index contributed by atoms with van der Waals surface area (Å²) in [5.41, 5.74) is 0.368. The van der Waals surface area contributed by atoms with Crippen molar-refractivity contribution in [2.24, 2.45) is 0 Å². The van der Waals surface area contributed by atoms with Gasteiger partial charge in [0.15, 0.2) is 0 Å². The van der Waals surface area contributed by atoms with E-state index in [1.54, 1.807) is 18.3 Å². The molecular weight excluding hydrogens is 343 g/mol. The number of rotatable bonds is 3. The van der Waals surface area contributed by atoms with Crippen LogP contribution in [0.25, 0.3) is 0 Å². The molecule has 0 radical (unpaired) electrons. The molecule has 9 heteroatoms. The Bertz CT molecular complexity index is 628. The maximum atomic E-state index is 11.3. The van der Waals surface area contributed by atoms with E-state index in [4.69, 9.17) is 5.26 Å². The van der Waals surface area contributed by atoms with Crippen LogP contribution in [-0.2, 0) is 12.4 Å². The van der Waals surface area contributed by atoms with Crippen LogP contribution in [-0.4, -0.2) is 34.6 Å². The third-order valence-electron chi connectivity index (χ3n) is 2.17. The SMILES string of the molecule is CC(=O)Nc1cccc([As](=O)(O)OO)c1.Cc1ccno1. The first-order valence-electron chi connectivity index (χ1n) is 5.76. The third-order valence-corrected chi connectivity index (χ3v) is 4.59. The average Bonchev–Trinajstić information content (AvgIpc) is 2.90. The Labute approximate surface area is 123 Å². The van der Waals surface area contributed by atoms with E-state index < -0.39 is 14.2 Å². The Morgan fingerprint density at radius 1 is 1.43 bits per heavy atom. The van der Waals surface area contributed by atoms with Gasteiger partial charge in [0.25, 0.3) is 0 Å². The van der Waals surface area contributed by atoms with Gasteiger partial charge >= 0.3 is 88.4 Å². The van der Waals surface area contributed by atoms with Gasteiger partial charge in [0.2, 0.25) is 0 Å². The first kappa shape index (κ1) is 17.2. The van der Waals surface area contributed by atoms with Crippen molar-refractivity contribution < 1.29 is 26.3 Å². The summed E-state index contributed by atoms with van der Waals surface area (Å²) in [5, 5.41) is 14.1. The number of carbonyl (C=O) groups is 1. The van der Waals surface area contributed by atoms with Gasteiger partial charge in [0.1, 0.15) is 5.76 Å². The molecule has 0 saturated carbocycles. The second kappa shape index (κ2) is 7.80. The average molecular weight is 358 g/mol. The molecule has 0 saturated heterocycles. The maximum absolute atomic E-state index is 11.3. The number of aromatic nitrogens is 1. The molecule has 0 fully saturated rings. The van der Waals surface area contributed by atoms with Crippen molar-refractivity contribution in [2.75, 3.05) is 5.32 Å². The number of nitrogens with zero attached hydrogens (tertiary/aromatic N) is 1. The molecule has 2 aromatic rings. The molecule has 8 nitrogen and oxygen atoms in total. The number of carbonyl (C=O) groups excluding carboxylic acids is 1. The molecule has 0 aliphatic carbocycles. The molecule has 1 unspecified atom stereocenters. The van der Waals surface area contributed by atoms with Crippen molar-refractivity contribution in [1.29, 1.82) is 0 Å². The van der Waals surface area contributed by atoms with Crippen molar-refractivity contribution in [3.8, 4) is 0 Å². The number of aryl methyl sites for hydroxylation is 1. The quantitative estimate of drug-likeness (QED) is 0.419. The molecule has 3 N–H and O–H groups in total. The zero-order valence-electron chi connectivity index (χ0n) is 11.4. The van der Waals surface area contributed by atoms with E-state index in [9.17, 15) is 12.6 Å². The number of nitrogens with one attached hydrogen (secondary N) is 1. The van der Waals surface area contributed by atoms with Crippen LogP contribution in [0.1, 0.15) is 12.7 Å². The zero-order valence-corrected chi connectivity index (χ0v) is 13.3. The van der Waals surface area contributed by atoms with Crippen molar-refractivity contribution >= 4 is 30.1 Å². The van der Waals surface area contributed by atoms with E-state index in [1.165, 1.54) is 25.1 Å². The fourth-order valence-electron chi connectivity index (χ4n) is 1.29. The summed E-state index contributed by atoms with van der Waals surface area (Å²) in [6, 6.07) is 7.45. The molecule has 0 aliphatic rings. The van der Waals surface area contributed by atoms with Crippen molar-refractivity contribution in [2.45, 2.75) is 13.8 Å². The molecule has 0 aliphatic heterocycles. The predicted octanol–water partition coefficient (Wildman–Crippen LogP) is 0.686. The van der Waals surface area contributed by atoms with Gasteiger partial charge < -0.3 is 4.52 Å². The summed E-state index contributed by atoms with van der Waals surface area (Å²) in [7, 11) is 0. The Morgan fingerprint density at radius 3 is 2.57 bits per heavy atom. The van der Waals surface area contributed by atoms with Crippen LogP contribution in [0.2, 0.25) is 0 Å². The van der Waals surface area contributed by atoms with E-state index >= 15 is 0 Å². The molecule has 2 rings (SSSR count). The molecule has 1 amide bonds. The molecule has 1 heterocycles. The third kappa shape index (κ3) is 5.97. The topological polar surface area (TPSA) is 122 Å². The summed E-state index contributed by atoms with van der Waals surface area (Å²) in [4.78, 5) is 10.7. The minimum absolute atomic E-state index is 0.0399. The first-order valence-corrected chi connectivity index (χ1v) is 9.07. The normalized spacial score (nSPS) is 12.8.